The first-order valence-corrected chi connectivity index (χ1v) is 12.3. The molecule has 0 saturated carbocycles. The van der Waals surface area contributed by atoms with E-state index in [0.717, 1.165) is 0 Å². The summed E-state index contributed by atoms with van der Waals surface area (Å²) >= 11 is 0. The van der Waals surface area contributed by atoms with Crippen molar-refractivity contribution in [3.05, 3.63) is 12.7 Å². The van der Waals surface area contributed by atoms with Gasteiger partial charge in [-0.2, -0.15) is 8.62 Å². The van der Waals surface area contributed by atoms with Crippen LogP contribution in [0.4, 0.5) is 5.82 Å². The average molecular weight is 591 g/mol. The number of nitrogens with zero attached hydrogens (tertiary/aromatic N) is 4. The topological polar surface area (TPSA) is 353 Å². The summed E-state index contributed by atoms with van der Waals surface area (Å²) in [4.78, 5) is 47.4. The quantitative estimate of drug-likeness (QED) is 0.126. The van der Waals surface area contributed by atoms with E-state index >= 15 is 0 Å². The minimum Gasteiger partial charge on any atom is -0.412 e. The van der Waals surface area contributed by atoms with Gasteiger partial charge in [-0.1, -0.05) is 0 Å². The summed E-state index contributed by atoms with van der Waals surface area (Å²) in [7, 11) is -16.5. The molecule has 0 amide bonds. The minimum absolute atomic E-state index is 0. The Bertz CT molecular complexity index is 1090. The number of fused-ring (bicyclic) bond motifs is 1. The molecule has 5 atom stereocenters. The van der Waals surface area contributed by atoms with Gasteiger partial charge in [-0.3, -0.25) is 9.09 Å². The van der Waals surface area contributed by atoms with E-state index in [4.69, 9.17) is 25.2 Å². The Morgan fingerprint density at radius 1 is 1.03 bits per heavy atom. The van der Waals surface area contributed by atoms with E-state index in [1.807, 2.05) is 0 Å². The first-order chi connectivity index (χ1) is 13.8. The van der Waals surface area contributed by atoms with Gasteiger partial charge in [0, 0.05) is 65.5 Å². The van der Waals surface area contributed by atoms with E-state index in [1.165, 1.54) is 17.2 Å². The van der Waals surface area contributed by atoms with Crippen LogP contribution in [0.3, 0.4) is 0 Å². The zero-order valence-electron chi connectivity index (χ0n) is 18.1. The fraction of sp³-hybridized carbons (Fsp3) is 0.500. The van der Waals surface area contributed by atoms with E-state index < -0.39 is 48.5 Å². The normalized spacial score (nSPS) is 22.7. The largest absolute Gasteiger partial charge is 0.490 e. The molecule has 25 heteroatoms. The Morgan fingerprint density at radius 3 is 2.20 bits per heavy atom. The molecular weight excluding hydrogens is 569 g/mol. The van der Waals surface area contributed by atoms with Crippen molar-refractivity contribution < 1.29 is 72.7 Å². The Morgan fingerprint density at radius 2 is 1.63 bits per heavy atom. The SMILES string of the molecule is Nc1ncnc2c1ncn2[C@H]1C[C@H](O)[C@@H](COP(=O)(O)OP(=O)(O)OP(=O)(O)O)O1.O.O.O.[Na].[Na]. The second-order valence-corrected chi connectivity index (χ2v) is 10.3. The molecule has 1 saturated heterocycles. The number of phosphoric acid groups is 3. The summed E-state index contributed by atoms with van der Waals surface area (Å²) in [5, 5.41) is 10.1. The molecule has 3 heterocycles. The van der Waals surface area contributed by atoms with E-state index in [1.54, 1.807) is 0 Å². The molecule has 2 unspecified atom stereocenters. The van der Waals surface area contributed by atoms with Crippen molar-refractivity contribution in [3.63, 3.8) is 0 Å². The number of rotatable bonds is 8. The van der Waals surface area contributed by atoms with Gasteiger partial charge in [0.25, 0.3) is 0 Å². The molecule has 0 aliphatic carbocycles. The van der Waals surface area contributed by atoms with Crippen molar-refractivity contribution in [2.75, 3.05) is 12.3 Å². The monoisotopic (exact) mass is 591 g/mol. The van der Waals surface area contributed by atoms with Crippen molar-refractivity contribution >= 4 is 99.6 Å². The van der Waals surface area contributed by atoms with Crippen LogP contribution >= 0.6 is 23.5 Å². The van der Waals surface area contributed by atoms with Crippen LogP contribution < -0.4 is 5.73 Å². The third kappa shape index (κ3) is 11.1. The molecule has 0 spiro atoms. The summed E-state index contributed by atoms with van der Waals surface area (Å²) in [6, 6.07) is 0. The van der Waals surface area contributed by atoms with Gasteiger partial charge in [-0.15, -0.1) is 0 Å². The van der Waals surface area contributed by atoms with E-state index in [0.29, 0.717) is 11.2 Å². The van der Waals surface area contributed by atoms with Gasteiger partial charge in [-0.25, -0.2) is 28.6 Å². The number of hydrogen-bond acceptors (Lipinski definition) is 12. The van der Waals surface area contributed by atoms with Crippen LogP contribution in [-0.4, -0.2) is 139 Å². The van der Waals surface area contributed by atoms with Crippen molar-refractivity contribution in [2.24, 2.45) is 0 Å². The number of aliphatic hydroxyl groups is 1. The van der Waals surface area contributed by atoms with Crippen LogP contribution in [0.2, 0.25) is 0 Å². The summed E-state index contributed by atoms with van der Waals surface area (Å²) in [6.45, 7) is -0.787. The number of phosphoric ester groups is 1. The zero-order chi connectivity index (χ0) is 22.3. The van der Waals surface area contributed by atoms with Crippen LogP contribution in [0.25, 0.3) is 11.2 Å². The molecule has 2 radical (unpaired) electrons. The number of aliphatic hydroxyl groups excluding tert-OH is 1. The molecule has 1 aliphatic rings. The fourth-order valence-electron chi connectivity index (χ4n) is 2.59. The standard InChI is InChI=1S/C10H16N5O12P3.2Na.3H2O/c11-9-8-10(13-3-12-9)15(4-14-8)7-1-5(16)6(25-7)2-24-29(20,21)27-30(22,23)26-28(17,18)19;;;;;/h3-7,16H,1-2H2,(H,20,21)(H,22,23)(H2,11,12,13)(H2,17,18,19);;;3*1H2/t5-,6+,7+;;;;;/m0...../s1. The Kier molecular flexibility index (Phi) is 17.4. The Hall–Kier alpha value is 0.560. The summed E-state index contributed by atoms with van der Waals surface area (Å²) < 4.78 is 52.3. The van der Waals surface area contributed by atoms with Gasteiger partial charge in [-0.05, 0) is 0 Å². The number of anilines is 1. The molecule has 1 fully saturated rings. The van der Waals surface area contributed by atoms with Crippen LogP contribution in [-0.2, 0) is 31.6 Å². The molecule has 20 nitrogen and oxygen atoms in total. The number of nitrogen functional groups attached to an aromatic ring is 1. The summed E-state index contributed by atoms with van der Waals surface area (Å²) in [5.41, 5.74) is 6.31. The van der Waals surface area contributed by atoms with Gasteiger partial charge in [0.15, 0.2) is 11.5 Å². The van der Waals surface area contributed by atoms with E-state index in [9.17, 15) is 23.7 Å². The zero-order valence-corrected chi connectivity index (χ0v) is 24.8. The van der Waals surface area contributed by atoms with Gasteiger partial charge < -0.3 is 51.6 Å². The molecule has 2 aromatic heterocycles. The predicted octanol–water partition coefficient (Wildman–Crippen LogP) is -3.84. The Labute approximate surface area is 240 Å². The molecule has 35 heavy (non-hydrogen) atoms. The van der Waals surface area contributed by atoms with Crippen molar-refractivity contribution in [1.82, 2.24) is 19.5 Å². The third-order valence-electron chi connectivity index (χ3n) is 3.72. The maximum absolute atomic E-state index is 11.8. The van der Waals surface area contributed by atoms with Gasteiger partial charge >= 0.3 is 23.5 Å². The second kappa shape index (κ2) is 15.2. The Balaban J connectivity index is -0.00000205. The predicted molar refractivity (Wildman–Crippen MR) is 116 cm³/mol. The second-order valence-electron chi connectivity index (χ2n) is 5.90. The first-order valence-electron chi connectivity index (χ1n) is 7.81. The van der Waals surface area contributed by atoms with Crippen molar-refractivity contribution in [1.29, 1.82) is 0 Å². The summed E-state index contributed by atoms with van der Waals surface area (Å²) in [5.74, 6) is 0.126. The average Bonchev–Trinajstić information content (AvgIpc) is 3.14. The van der Waals surface area contributed by atoms with E-state index in [2.05, 4.69) is 28.1 Å². The molecule has 0 aromatic carbocycles. The molecular formula is C10H22N5Na2O15P3. The molecule has 2 aromatic rings. The van der Waals surface area contributed by atoms with Crippen LogP contribution in [0.5, 0.6) is 0 Å². The smallest absolute Gasteiger partial charge is 0.412 e. The van der Waals surface area contributed by atoms with E-state index in [-0.39, 0.29) is 87.8 Å². The molecule has 13 N–H and O–H groups in total. The molecule has 3 rings (SSSR count). The number of hydrogen-bond donors (Lipinski definition) is 6. The number of imidazole rings is 1. The molecule has 194 valence electrons. The maximum atomic E-state index is 11.8. The van der Waals surface area contributed by atoms with Crippen LogP contribution in [0, 0.1) is 0 Å². The first kappa shape index (κ1) is 40.1. The maximum Gasteiger partial charge on any atom is 0.490 e. The van der Waals surface area contributed by atoms with Crippen molar-refractivity contribution in [3.8, 4) is 0 Å². The third-order valence-corrected chi connectivity index (χ3v) is 7.52. The fourth-order valence-corrected chi connectivity index (χ4v) is 5.62. The molecule has 1 aliphatic heterocycles. The van der Waals surface area contributed by atoms with Crippen LogP contribution in [0.15, 0.2) is 12.7 Å². The number of ether oxygens (including phenoxy) is 1. The van der Waals surface area contributed by atoms with Gasteiger partial charge in [0.2, 0.25) is 0 Å². The van der Waals surface area contributed by atoms with Gasteiger partial charge in [0.05, 0.1) is 19.0 Å². The number of nitrogens with two attached hydrogens (primary N) is 1. The number of aromatic nitrogens is 4. The van der Waals surface area contributed by atoms with Crippen molar-refractivity contribution in [2.45, 2.75) is 24.9 Å². The van der Waals surface area contributed by atoms with Gasteiger partial charge in [0.1, 0.15) is 24.2 Å². The molecule has 0 bridgehead atoms. The minimum atomic E-state index is -5.64. The van der Waals surface area contributed by atoms with Crippen LogP contribution in [0.1, 0.15) is 12.6 Å². The summed E-state index contributed by atoms with van der Waals surface area (Å²) in [6.07, 6.45) is -0.643.